The highest BCUT2D eigenvalue weighted by molar-refractivity contribution is 5.88. The van der Waals surface area contributed by atoms with E-state index in [1.807, 2.05) is 0 Å². The van der Waals surface area contributed by atoms with Crippen LogP contribution in [0.25, 0.3) is 0 Å². The van der Waals surface area contributed by atoms with Crippen LogP contribution in [0.15, 0.2) is 11.1 Å². The number of methoxy groups -OCH3 is 1. The first kappa shape index (κ1) is 22.1. The average Bonchev–Trinajstić information content (AvgIpc) is 2.43. The molecule has 138 valence electrons. The van der Waals surface area contributed by atoms with Gasteiger partial charge in [-0.15, -0.1) is 0 Å². The van der Waals surface area contributed by atoms with Gasteiger partial charge in [0.25, 0.3) is 0 Å². The Hall–Kier alpha value is -1.89. The van der Waals surface area contributed by atoms with Gasteiger partial charge in [-0.25, -0.2) is 9.59 Å². The molecule has 24 heavy (non-hydrogen) atoms. The summed E-state index contributed by atoms with van der Waals surface area (Å²) in [6.07, 6.45) is 0.375. The number of carboxylic acids is 1. The van der Waals surface area contributed by atoms with Crippen molar-refractivity contribution in [1.29, 1.82) is 0 Å². The van der Waals surface area contributed by atoms with Crippen LogP contribution < -0.4 is 0 Å². The van der Waals surface area contributed by atoms with E-state index in [2.05, 4.69) is 4.74 Å². The molecule has 0 amide bonds. The molecule has 0 aromatic heterocycles. The van der Waals surface area contributed by atoms with Gasteiger partial charge in [-0.05, 0) is 34.1 Å². The third-order valence-corrected chi connectivity index (χ3v) is 3.88. The Morgan fingerprint density at radius 1 is 1.12 bits per heavy atom. The SMILES string of the molecule is COC(=O)/C(C)=C(/C)CC(C)(C)C(=O)OCC[N+](C)(C)CC(=O)O. The zero-order chi connectivity index (χ0) is 19.1. The van der Waals surface area contributed by atoms with Crippen LogP contribution in [0.5, 0.6) is 0 Å². The number of quaternary nitrogens is 1. The van der Waals surface area contributed by atoms with Crippen LogP contribution in [-0.4, -0.2) is 68.4 Å². The molecule has 0 rings (SSSR count). The number of carbonyl (C=O) groups is 3. The monoisotopic (exact) mass is 344 g/mol. The van der Waals surface area contributed by atoms with E-state index in [9.17, 15) is 14.4 Å². The number of carbonyl (C=O) groups excluding carboxylic acids is 2. The minimum absolute atomic E-state index is 0.0406. The molecule has 0 aromatic carbocycles. The van der Waals surface area contributed by atoms with Crippen LogP contribution in [0, 0.1) is 5.41 Å². The van der Waals surface area contributed by atoms with Crippen molar-refractivity contribution in [1.82, 2.24) is 0 Å². The number of likely N-dealkylation sites (N-methyl/N-ethyl adjacent to an activating group) is 1. The lowest BCUT2D eigenvalue weighted by Crippen LogP contribution is -2.46. The summed E-state index contributed by atoms with van der Waals surface area (Å²) in [5.41, 5.74) is 0.465. The molecule has 0 aromatic rings. The van der Waals surface area contributed by atoms with Crippen LogP contribution in [0.4, 0.5) is 0 Å². The van der Waals surface area contributed by atoms with Gasteiger partial charge in [-0.3, -0.25) is 4.79 Å². The van der Waals surface area contributed by atoms with Gasteiger partial charge in [-0.1, -0.05) is 5.57 Å². The normalized spacial score (nSPS) is 13.1. The van der Waals surface area contributed by atoms with Crippen molar-refractivity contribution >= 4 is 17.9 Å². The summed E-state index contributed by atoms with van der Waals surface area (Å²) in [4.78, 5) is 34.6. The van der Waals surface area contributed by atoms with Gasteiger partial charge in [0, 0.05) is 5.57 Å². The van der Waals surface area contributed by atoms with Gasteiger partial charge >= 0.3 is 17.9 Å². The van der Waals surface area contributed by atoms with Crippen molar-refractivity contribution in [3.05, 3.63) is 11.1 Å². The molecule has 0 fully saturated rings. The number of esters is 2. The standard InChI is InChI=1S/C17H29NO6/c1-12(13(2)15(21)23-7)10-17(3,4)16(22)24-9-8-18(5,6)11-14(19)20/h8-11H2,1-7H3/p+1/b13-12-. The number of hydrogen-bond donors (Lipinski definition) is 1. The number of ether oxygens (including phenoxy) is 2. The summed E-state index contributed by atoms with van der Waals surface area (Å²) >= 11 is 0. The van der Waals surface area contributed by atoms with Crippen LogP contribution >= 0.6 is 0 Å². The maximum atomic E-state index is 12.3. The van der Waals surface area contributed by atoms with Crippen LogP contribution in [0.3, 0.4) is 0 Å². The number of carboxylic acid groups (broad SMARTS) is 1. The fourth-order valence-electron chi connectivity index (χ4n) is 2.22. The van der Waals surface area contributed by atoms with Crippen molar-refractivity contribution < 1.29 is 33.4 Å². The summed E-state index contributed by atoms with van der Waals surface area (Å²) in [6, 6.07) is 0. The summed E-state index contributed by atoms with van der Waals surface area (Å²) < 4.78 is 10.2. The lowest BCUT2D eigenvalue weighted by atomic mass is 9.84. The van der Waals surface area contributed by atoms with E-state index in [0.29, 0.717) is 18.5 Å². The minimum atomic E-state index is -0.897. The number of allylic oxidation sites excluding steroid dienone is 1. The van der Waals surface area contributed by atoms with Crippen LogP contribution in [0.2, 0.25) is 0 Å². The maximum absolute atomic E-state index is 12.3. The molecule has 0 bridgehead atoms. The topological polar surface area (TPSA) is 89.9 Å². The second-order valence-electron chi connectivity index (χ2n) is 7.30. The second kappa shape index (κ2) is 8.82. The fourth-order valence-corrected chi connectivity index (χ4v) is 2.22. The fraction of sp³-hybridized carbons (Fsp3) is 0.706. The minimum Gasteiger partial charge on any atom is -0.477 e. The molecule has 0 aliphatic heterocycles. The van der Waals surface area contributed by atoms with Crippen molar-refractivity contribution in [2.24, 2.45) is 5.41 Å². The van der Waals surface area contributed by atoms with E-state index in [1.165, 1.54) is 7.11 Å². The smallest absolute Gasteiger partial charge is 0.359 e. The lowest BCUT2D eigenvalue weighted by molar-refractivity contribution is -0.883. The van der Waals surface area contributed by atoms with Gasteiger partial charge in [-0.2, -0.15) is 0 Å². The Labute approximate surface area is 143 Å². The summed E-state index contributed by atoms with van der Waals surface area (Å²) in [5, 5.41) is 8.84. The van der Waals surface area contributed by atoms with Crippen molar-refractivity contribution in [2.45, 2.75) is 34.1 Å². The molecule has 0 atom stereocenters. The largest absolute Gasteiger partial charge is 0.477 e. The predicted molar refractivity (Wildman–Crippen MR) is 89.2 cm³/mol. The van der Waals surface area contributed by atoms with Gasteiger partial charge < -0.3 is 19.1 Å². The van der Waals surface area contributed by atoms with E-state index >= 15 is 0 Å². The molecule has 1 N–H and O–H groups in total. The summed E-state index contributed by atoms with van der Waals surface area (Å²) in [6.45, 7) is 7.45. The Bertz CT molecular complexity index is 519. The highest BCUT2D eigenvalue weighted by Gasteiger charge is 2.31. The first-order valence-electron chi connectivity index (χ1n) is 7.78. The second-order valence-corrected chi connectivity index (χ2v) is 7.30. The molecule has 7 nitrogen and oxygen atoms in total. The summed E-state index contributed by atoms with van der Waals surface area (Å²) in [5.74, 6) is -1.69. The molecular formula is C17H30NO6+. The molecule has 0 aliphatic carbocycles. The zero-order valence-corrected chi connectivity index (χ0v) is 15.8. The van der Waals surface area contributed by atoms with E-state index in [4.69, 9.17) is 9.84 Å². The number of rotatable bonds is 9. The third-order valence-electron chi connectivity index (χ3n) is 3.88. The quantitative estimate of drug-likeness (QED) is 0.388. The first-order chi connectivity index (χ1) is 10.8. The molecular weight excluding hydrogens is 314 g/mol. The Kier molecular flexibility index (Phi) is 8.13. The zero-order valence-electron chi connectivity index (χ0n) is 15.8. The molecule has 7 heteroatoms. The van der Waals surface area contributed by atoms with E-state index in [0.717, 1.165) is 5.57 Å². The van der Waals surface area contributed by atoms with Gasteiger partial charge in [0.05, 0.1) is 26.6 Å². The highest BCUT2D eigenvalue weighted by atomic mass is 16.5. The highest BCUT2D eigenvalue weighted by Crippen LogP contribution is 2.28. The van der Waals surface area contributed by atoms with Crippen LogP contribution in [0.1, 0.15) is 34.1 Å². The number of aliphatic carboxylic acids is 1. The average molecular weight is 344 g/mol. The number of hydrogen-bond acceptors (Lipinski definition) is 5. The van der Waals surface area contributed by atoms with E-state index < -0.39 is 17.4 Å². The molecule has 0 unspecified atom stereocenters. The van der Waals surface area contributed by atoms with Crippen LogP contribution in [-0.2, 0) is 23.9 Å². The molecule has 0 spiro atoms. The molecule has 0 heterocycles. The number of nitrogens with zero attached hydrogens (tertiary/aromatic N) is 1. The lowest BCUT2D eigenvalue weighted by Gasteiger charge is -2.29. The van der Waals surface area contributed by atoms with Crippen molar-refractivity contribution in [3.63, 3.8) is 0 Å². The van der Waals surface area contributed by atoms with E-state index in [-0.39, 0.29) is 23.6 Å². The van der Waals surface area contributed by atoms with Crippen molar-refractivity contribution in [2.75, 3.05) is 40.9 Å². The Balaban J connectivity index is 4.69. The third kappa shape index (κ3) is 7.59. The Morgan fingerprint density at radius 2 is 1.67 bits per heavy atom. The van der Waals surface area contributed by atoms with Gasteiger partial charge in [0.15, 0.2) is 6.54 Å². The molecule has 0 radical (unpaired) electrons. The summed E-state index contributed by atoms with van der Waals surface area (Å²) in [7, 11) is 4.84. The van der Waals surface area contributed by atoms with E-state index in [1.54, 1.807) is 41.8 Å². The molecule has 0 saturated heterocycles. The van der Waals surface area contributed by atoms with Gasteiger partial charge in [0.1, 0.15) is 13.2 Å². The van der Waals surface area contributed by atoms with Gasteiger partial charge in [0.2, 0.25) is 0 Å². The molecule has 0 aliphatic rings. The van der Waals surface area contributed by atoms with Crippen molar-refractivity contribution in [3.8, 4) is 0 Å². The maximum Gasteiger partial charge on any atom is 0.359 e. The first-order valence-corrected chi connectivity index (χ1v) is 7.78. The Morgan fingerprint density at radius 3 is 2.12 bits per heavy atom. The predicted octanol–water partition coefficient (Wildman–Crippen LogP) is 1.62. The molecule has 0 saturated carbocycles.